The fourth-order valence-corrected chi connectivity index (χ4v) is 0.466. The van der Waals surface area contributed by atoms with Gasteiger partial charge in [0.05, 0.1) is 0 Å². The van der Waals surface area contributed by atoms with Crippen molar-refractivity contribution in [2.24, 2.45) is 0 Å². The largest absolute Gasteiger partial charge is 0.389 e. The molecule has 0 bridgehead atoms. The SMILES string of the molecule is CC.CNCCCC(F)(F)F. The maximum absolute atomic E-state index is 11.4. The predicted octanol–water partition coefficient (Wildman–Crippen LogP) is 2.57. The quantitative estimate of drug-likeness (QED) is 0.643. The van der Waals surface area contributed by atoms with Crippen LogP contribution in [0.3, 0.4) is 0 Å². The van der Waals surface area contributed by atoms with Gasteiger partial charge in [-0.3, -0.25) is 0 Å². The van der Waals surface area contributed by atoms with Gasteiger partial charge in [0.15, 0.2) is 0 Å². The summed E-state index contributed by atoms with van der Waals surface area (Å²) in [5, 5.41) is 2.64. The molecule has 0 saturated carbocycles. The lowest BCUT2D eigenvalue weighted by Gasteiger charge is -2.03. The molecule has 0 aromatic carbocycles. The third-order valence-electron chi connectivity index (χ3n) is 0.887. The van der Waals surface area contributed by atoms with Gasteiger partial charge in [-0.25, -0.2) is 0 Å². The molecule has 1 N–H and O–H groups in total. The second kappa shape index (κ2) is 7.85. The number of rotatable bonds is 3. The molecule has 11 heavy (non-hydrogen) atoms. The second-order valence-electron chi connectivity index (χ2n) is 1.82. The Hall–Kier alpha value is -0.250. The van der Waals surface area contributed by atoms with Gasteiger partial charge in [0.25, 0.3) is 0 Å². The van der Waals surface area contributed by atoms with E-state index >= 15 is 0 Å². The molecule has 0 aromatic heterocycles. The Morgan fingerprint density at radius 2 is 1.64 bits per heavy atom. The standard InChI is InChI=1S/C5H10F3N.C2H6/c1-9-4-2-3-5(6,7)8;1-2/h9H,2-4H2,1H3;1-2H3. The summed E-state index contributed by atoms with van der Waals surface area (Å²) in [6.45, 7) is 4.43. The van der Waals surface area contributed by atoms with Crippen LogP contribution in [-0.2, 0) is 0 Å². The van der Waals surface area contributed by atoms with Crippen LogP contribution in [0.2, 0.25) is 0 Å². The van der Waals surface area contributed by atoms with E-state index in [2.05, 4.69) is 5.32 Å². The zero-order valence-electron chi connectivity index (χ0n) is 7.26. The molecule has 0 rings (SSSR count). The average molecular weight is 171 g/mol. The highest BCUT2D eigenvalue weighted by Crippen LogP contribution is 2.20. The highest BCUT2D eigenvalue weighted by Gasteiger charge is 2.25. The summed E-state index contributed by atoms with van der Waals surface area (Å²) in [7, 11) is 1.64. The van der Waals surface area contributed by atoms with Crippen molar-refractivity contribution in [1.29, 1.82) is 0 Å². The second-order valence-corrected chi connectivity index (χ2v) is 1.82. The van der Waals surface area contributed by atoms with E-state index in [0.29, 0.717) is 6.54 Å². The molecule has 0 radical (unpaired) electrons. The van der Waals surface area contributed by atoms with Gasteiger partial charge in [-0.1, -0.05) is 13.8 Å². The average Bonchev–Trinajstić information content (AvgIpc) is 1.90. The van der Waals surface area contributed by atoms with Crippen LogP contribution in [0.25, 0.3) is 0 Å². The van der Waals surface area contributed by atoms with Crippen molar-refractivity contribution >= 4 is 0 Å². The van der Waals surface area contributed by atoms with Crippen molar-refractivity contribution < 1.29 is 13.2 Å². The molecule has 0 saturated heterocycles. The van der Waals surface area contributed by atoms with E-state index < -0.39 is 12.6 Å². The van der Waals surface area contributed by atoms with E-state index in [1.54, 1.807) is 7.05 Å². The summed E-state index contributed by atoms with van der Waals surface area (Å²) in [6, 6.07) is 0. The maximum Gasteiger partial charge on any atom is 0.389 e. The van der Waals surface area contributed by atoms with Gasteiger partial charge in [0.1, 0.15) is 0 Å². The van der Waals surface area contributed by atoms with Gasteiger partial charge in [-0.05, 0) is 20.0 Å². The molecule has 0 aliphatic heterocycles. The number of hydrogen-bond donors (Lipinski definition) is 1. The zero-order valence-corrected chi connectivity index (χ0v) is 7.26. The molecule has 1 nitrogen and oxygen atoms in total. The summed E-state index contributed by atoms with van der Waals surface area (Å²) in [5.41, 5.74) is 0. The highest BCUT2D eigenvalue weighted by atomic mass is 19.4. The third kappa shape index (κ3) is 17.7. The van der Waals surface area contributed by atoms with E-state index in [9.17, 15) is 13.2 Å². The van der Waals surface area contributed by atoms with Gasteiger partial charge < -0.3 is 5.32 Å². The molecule has 0 aliphatic rings. The van der Waals surface area contributed by atoms with Gasteiger partial charge in [-0.2, -0.15) is 13.2 Å². The van der Waals surface area contributed by atoms with E-state index in [-0.39, 0.29) is 6.42 Å². The lowest BCUT2D eigenvalue weighted by atomic mass is 10.3. The smallest absolute Gasteiger partial charge is 0.320 e. The Morgan fingerprint density at radius 3 is 1.91 bits per heavy atom. The van der Waals surface area contributed by atoms with E-state index in [1.165, 1.54) is 0 Å². The van der Waals surface area contributed by atoms with Gasteiger partial charge in [0.2, 0.25) is 0 Å². The number of nitrogens with one attached hydrogen (secondary N) is 1. The Labute approximate surface area is 66.0 Å². The molecule has 0 atom stereocenters. The molecular weight excluding hydrogens is 155 g/mol. The van der Waals surface area contributed by atoms with E-state index in [4.69, 9.17) is 0 Å². The van der Waals surface area contributed by atoms with Gasteiger partial charge >= 0.3 is 6.18 Å². The zero-order chi connectivity index (χ0) is 9.33. The fourth-order valence-electron chi connectivity index (χ4n) is 0.466. The van der Waals surface area contributed by atoms with Crippen LogP contribution in [0.4, 0.5) is 13.2 Å². The summed E-state index contributed by atoms with van der Waals surface area (Å²) in [4.78, 5) is 0. The Kier molecular flexibility index (Phi) is 9.53. The molecule has 0 fully saturated rings. The Balaban J connectivity index is 0. The molecule has 0 heterocycles. The summed E-state index contributed by atoms with van der Waals surface area (Å²) in [5.74, 6) is 0. The molecule has 4 heteroatoms. The summed E-state index contributed by atoms with van der Waals surface area (Å²) < 4.78 is 34.1. The molecule has 0 aromatic rings. The van der Waals surface area contributed by atoms with Crippen LogP contribution < -0.4 is 5.32 Å². The van der Waals surface area contributed by atoms with Crippen molar-refractivity contribution in [2.45, 2.75) is 32.9 Å². The van der Waals surface area contributed by atoms with Crippen molar-refractivity contribution in [2.75, 3.05) is 13.6 Å². The summed E-state index contributed by atoms with van der Waals surface area (Å²) >= 11 is 0. The van der Waals surface area contributed by atoms with Crippen molar-refractivity contribution in [1.82, 2.24) is 5.32 Å². The number of alkyl halides is 3. The van der Waals surface area contributed by atoms with Crippen molar-refractivity contribution in [3.8, 4) is 0 Å². The van der Waals surface area contributed by atoms with Crippen LogP contribution >= 0.6 is 0 Å². The molecule has 0 amide bonds. The molecule has 0 aliphatic carbocycles. The first-order valence-corrected chi connectivity index (χ1v) is 3.77. The molecule has 70 valence electrons. The van der Waals surface area contributed by atoms with Crippen LogP contribution in [0.5, 0.6) is 0 Å². The normalized spacial score (nSPS) is 10.4. The minimum absolute atomic E-state index is 0.167. The first kappa shape index (κ1) is 13.3. The fraction of sp³-hybridized carbons (Fsp3) is 1.00. The minimum Gasteiger partial charge on any atom is -0.320 e. The van der Waals surface area contributed by atoms with Crippen LogP contribution in [-0.4, -0.2) is 19.8 Å². The number of halogens is 3. The van der Waals surface area contributed by atoms with Crippen LogP contribution in [0.15, 0.2) is 0 Å². The molecule has 0 spiro atoms. The van der Waals surface area contributed by atoms with Crippen molar-refractivity contribution in [3.63, 3.8) is 0 Å². The van der Waals surface area contributed by atoms with Crippen LogP contribution in [0, 0.1) is 0 Å². The van der Waals surface area contributed by atoms with E-state index in [1.807, 2.05) is 13.8 Å². The Bertz CT molecular complexity index is 70.6. The number of hydrogen-bond acceptors (Lipinski definition) is 1. The third-order valence-corrected chi connectivity index (χ3v) is 0.887. The lowest BCUT2D eigenvalue weighted by molar-refractivity contribution is -0.135. The topological polar surface area (TPSA) is 12.0 Å². The molecular formula is C7H16F3N. The van der Waals surface area contributed by atoms with Gasteiger partial charge in [0, 0.05) is 6.42 Å². The molecule has 0 unspecified atom stereocenters. The van der Waals surface area contributed by atoms with Gasteiger partial charge in [-0.15, -0.1) is 0 Å². The van der Waals surface area contributed by atoms with Crippen LogP contribution in [0.1, 0.15) is 26.7 Å². The predicted molar refractivity (Wildman–Crippen MR) is 40.6 cm³/mol. The summed E-state index contributed by atoms with van der Waals surface area (Å²) in [6.07, 6.45) is -4.51. The monoisotopic (exact) mass is 171 g/mol. The minimum atomic E-state index is -3.99. The first-order chi connectivity index (χ1) is 5.06. The maximum atomic E-state index is 11.4. The van der Waals surface area contributed by atoms with E-state index in [0.717, 1.165) is 0 Å². The Morgan fingerprint density at radius 1 is 1.18 bits per heavy atom. The lowest BCUT2D eigenvalue weighted by Crippen LogP contribution is -2.13. The van der Waals surface area contributed by atoms with Crippen molar-refractivity contribution in [3.05, 3.63) is 0 Å². The first-order valence-electron chi connectivity index (χ1n) is 3.77. The highest BCUT2D eigenvalue weighted by molar-refractivity contribution is 4.51.